The van der Waals surface area contributed by atoms with Crippen LogP contribution < -0.4 is 5.73 Å². The van der Waals surface area contributed by atoms with Crippen molar-refractivity contribution in [3.8, 4) is 11.4 Å². The molecule has 1 atom stereocenters. The lowest BCUT2D eigenvalue weighted by Crippen LogP contribution is -2.06. The van der Waals surface area contributed by atoms with Crippen LogP contribution in [0.25, 0.3) is 11.4 Å². The molecule has 106 valence electrons. The summed E-state index contributed by atoms with van der Waals surface area (Å²) in [5.41, 5.74) is 7.63. The second-order valence-electron chi connectivity index (χ2n) is 5.09. The summed E-state index contributed by atoms with van der Waals surface area (Å²) in [6.45, 7) is 1.42. The maximum atomic E-state index is 5.59. The minimum atomic E-state index is 0.356. The number of aryl methyl sites for hydroxylation is 1. The summed E-state index contributed by atoms with van der Waals surface area (Å²) in [6.07, 6.45) is 4.38. The lowest BCUT2D eigenvalue weighted by molar-refractivity contribution is 0.102. The third kappa shape index (κ3) is 3.05. The van der Waals surface area contributed by atoms with E-state index in [9.17, 15) is 0 Å². The third-order valence-corrected chi connectivity index (χ3v) is 3.62. The number of benzene rings is 1. The van der Waals surface area contributed by atoms with Crippen LogP contribution in [0.3, 0.4) is 0 Å². The number of hydrogen-bond acceptors (Lipinski definition) is 5. The minimum Gasteiger partial charge on any atom is -0.378 e. The third-order valence-electron chi connectivity index (χ3n) is 3.62. The Morgan fingerprint density at radius 3 is 2.80 bits per heavy atom. The molecular weight excluding hydrogens is 254 g/mol. The first kappa shape index (κ1) is 13.3. The summed E-state index contributed by atoms with van der Waals surface area (Å²) >= 11 is 0. The second-order valence-corrected chi connectivity index (χ2v) is 5.09. The fraction of sp³-hybridized carbons (Fsp3) is 0.467. The first-order chi connectivity index (χ1) is 9.85. The van der Waals surface area contributed by atoms with Gasteiger partial charge >= 0.3 is 0 Å². The molecule has 1 aromatic heterocycles. The van der Waals surface area contributed by atoms with Crippen molar-refractivity contribution < 1.29 is 9.26 Å². The fourth-order valence-electron chi connectivity index (χ4n) is 2.42. The molecule has 2 heterocycles. The molecule has 0 spiro atoms. The van der Waals surface area contributed by atoms with Gasteiger partial charge in [0.1, 0.15) is 0 Å². The molecule has 1 saturated heterocycles. The van der Waals surface area contributed by atoms with Crippen LogP contribution in [0.2, 0.25) is 0 Å². The molecule has 5 nitrogen and oxygen atoms in total. The lowest BCUT2D eigenvalue weighted by Gasteiger charge is -2.05. The van der Waals surface area contributed by atoms with Crippen molar-refractivity contribution in [3.63, 3.8) is 0 Å². The van der Waals surface area contributed by atoms with Crippen molar-refractivity contribution in [3.05, 3.63) is 35.7 Å². The van der Waals surface area contributed by atoms with E-state index < -0.39 is 0 Å². The van der Waals surface area contributed by atoms with Crippen LogP contribution >= 0.6 is 0 Å². The quantitative estimate of drug-likeness (QED) is 0.904. The minimum absolute atomic E-state index is 0.356. The second kappa shape index (κ2) is 6.15. The van der Waals surface area contributed by atoms with Crippen molar-refractivity contribution in [2.45, 2.75) is 38.3 Å². The predicted molar refractivity (Wildman–Crippen MR) is 74.9 cm³/mol. The molecule has 0 amide bonds. The molecule has 0 bridgehead atoms. The first-order valence-electron chi connectivity index (χ1n) is 7.09. The normalized spacial score (nSPS) is 18.6. The Bertz CT molecular complexity index is 545. The van der Waals surface area contributed by atoms with Crippen molar-refractivity contribution in [2.75, 3.05) is 6.61 Å². The maximum absolute atomic E-state index is 5.59. The Labute approximate surface area is 118 Å². The highest BCUT2D eigenvalue weighted by atomic mass is 16.5. The Kier molecular flexibility index (Phi) is 4.08. The van der Waals surface area contributed by atoms with Crippen LogP contribution in [0, 0.1) is 0 Å². The van der Waals surface area contributed by atoms with Crippen molar-refractivity contribution in [1.82, 2.24) is 10.1 Å². The molecule has 1 aliphatic heterocycles. The molecule has 1 aromatic carbocycles. The van der Waals surface area contributed by atoms with Gasteiger partial charge < -0.3 is 15.0 Å². The highest BCUT2D eigenvalue weighted by molar-refractivity contribution is 5.54. The summed E-state index contributed by atoms with van der Waals surface area (Å²) < 4.78 is 10.9. The van der Waals surface area contributed by atoms with Gasteiger partial charge in [-0.25, -0.2) is 0 Å². The monoisotopic (exact) mass is 273 g/mol. The van der Waals surface area contributed by atoms with E-state index in [1.54, 1.807) is 0 Å². The van der Waals surface area contributed by atoms with Crippen LogP contribution in [-0.2, 0) is 17.7 Å². The van der Waals surface area contributed by atoms with Crippen molar-refractivity contribution in [1.29, 1.82) is 0 Å². The van der Waals surface area contributed by atoms with Gasteiger partial charge in [0.05, 0.1) is 6.10 Å². The summed E-state index contributed by atoms with van der Waals surface area (Å²) in [6, 6.07) is 7.91. The smallest absolute Gasteiger partial charge is 0.227 e. The van der Waals surface area contributed by atoms with Crippen LogP contribution in [0.4, 0.5) is 0 Å². The predicted octanol–water partition coefficient (Wildman–Crippen LogP) is 2.31. The molecule has 5 heteroatoms. The Balaban J connectivity index is 1.62. The van der Waals surface area contributed by atoms with Gasteiger partial charge in [0.25, 0.3) is 0 Å². The van der Waals surface area contributed by atoms with Crippen LogP contribution in [0.1, 0.15) is 30.7 Å². The van der Waals surface area contributed by atoms with Gasteiger partial charge in [0.15, 0.2) is 0 Å². The summed E-state index contributed by atoms with van der Waals surface area (Å²) in [4.78, 5) is 4.43. The van der Waals surface area contributed by atoms with Crippen molar-refractivity contribution >= 4 is 0 Å². The zero-order valence-corrected chi connectivity index (χ0v) is 11.4. The van der Waals surface area contributed by atoms with E-state index in [-0.39, 0.29) is 0 Å². The average molecular weight is 273 g/mol. The van der Waals surface area contributed by atoms with E-state index in [1.807, 2.05) is 24.3 Å². The highest BCUT2D eigenvalue weighted by Gasteiger charge is 2.17. The van der Waals surface area contributed by atoms with Gasteiger partial charge in [-0.1, -0.05) is 29.4 Å². The van der Waals surface area contributed by atoms with Gasteiger partial charge in [-0.2, -0.15) is 4.98 Å². The maximum Gasteiger partial charge on any atom is 0.227 e. The highest BCUT2D eigenvalue weighted by Crippen LogP contribution is 2.20. The number of nitrogens with two attached hydrogens (primary N) is 1. The van der Waals surface area contributed by atoms with E-state index in [2.05, 4.69) is 10.1 Å². The average Bonchev–Trinajstić information content (AvgIpc) is 3.17. The largest absolute Gasteiger partial charge is 0.378 e. The van der Waals surface area contributed by atoms with E-state index in [1.165, 1.54) is 0 Å². The number of nitrogens with zero attached hydrogens (tertiary/aromatic N) is 2. The topological polar surface area (TPSA) is 74.2 Å². The number of rotatable bonds is 5. The molecule has 1 unspecified atom stereocenters. The molecule has 2 N–H and O–H groups in total. The summed E-state index contributed by atoms with van der Waals surface area (Å²) in [7, 11) is 0. The van der Waals surface area contributed by atoms with Gasteiger partial charge in [-0.3, -0.25) is 0 Å². The molecule has 3 rings (SSSR count). The SMILES string of the molecule is NCc1ccc(-c2noc(CCC3CCCO3)n2)cc1. The van der Waals surface area contributed by atoms with E-state index in [0.29, 0.717) is 24.4 Å². The van der Waals surface area contributed by atoms with Crippen LogP contribution in [0.5, 0.6) is 0 Å². The standard InChI is InChI=1S/C15H19N3O2/c16-10-11-3-5-12(6-4-11)15-17-14(20-18-15)8-7-13-2-1-9-19-13/h3-6,13H,1-2,7-10,16H2. The molecule has 0 aliphatic carbocycles. The summed E-state index contributed by atoms with van der Waals surface area (Å²) in [5.74, 6) is 1.31. The van der Waals surface area contributed by atoms with Gasteiger partial charge in [0, 0.05) is 25.1 Å². The number of ether oxygens (including phenoxy) is 1. The molecule has 0 radical (unpaired) electrons. The molecule has 1 fully saturated rings. The van der Waals surface area contributed by atoms with Gasteiger partial charge in [0.2, 0.25) is 11.7 Å². The van der Waals surface area contributed by atoms with Crippen LogP contribution in [0.15, 0.2) is 28.8 Å². The van der Waals surface area contributed by atoms with Gasteiger partial charge in [-0.05, 0) is 24.8 Å². The Hall–Kier alpha value is -1.72. The number of hydrogen-bond donors (Lipinski definition) is 1. The summed E-state index contributed by atoms with van der Waals surface area (Å²) in [5, 5.41) is 4.03. The van der Waals surface area contributed by atoms with E-state index in [4.69, 9.17) is 15.0 Å². The van der Waals surface area contributed by atoms with E-state index >= 15 is 0 Å². The van der Waals surface area contributed by atoms with Gasteiger partial charge in [-0.15, -0.1) is 0 Å². The molecule has 20 heavy (non-hydrogen) atoms. The van der Waals surface area contributed by atoms with E-state index in [0.717, 1.165) is 43.4 Å². The van der Waals surface area contributed by atoms with Crippen LogP contribution in [-0.4, -0.2) is 22.9 Å². The molecular formula is C15H19N3O2. The first-order valence-corrected chi connectivity index (χ1v) is 7.09. The molecule has 1 aliphatic rings. The molecule has 2 aromatic rings. The number of aromatic nitrogens is 2. The Morgan fingerprint density at radius 1 is 1.25 bits per heavy atom. The van der Waals surface area contributed by atoms with Crippen molar-refractivity contribution in [2.24, 2.45) is 5.73 Å². The Morgan fingerprint density at radius 2 is 2.10 bits per heavy atom. The lowest BCUT2D eigenvalue weighted by atomic mass is 10.1. The fourth-order valence-corrected chi connectivity index (χ4v) is 2.42. The zero-order valence-electron chi connectivity index (χ0n) is 11.4. The zero-order chi connectivity index (χ0) is 13.8. The molecule has 0 saturated carbocycles.